The Bertz CT molecular complexity index is 335. The van der Waals surface area contributed by atoms with Crippen molar-refractivity contribution in [3.05, 3.63) is 18.2 Å². The van der Waals surface area contributed by atoms with Crippen LogP contribution in [0.5, 0.6) is 0 Å². The van der Waals surface area contributed by atoms with Crippen molar-refractivity contribution in [2.45, 2.75) is 19.9 Å². The minimum absolute atomic E-state index is 0.490. The van der Waals surface area contributed by atoms with Crippen LogP contribution in [0.3, 0.4) is 0 Å². The summed E-state index contributed by atoms with van der Waals surface area (Å²) >= 11 is 0. The van der Waals surface area contributed by atoms with Gasteiger partial charge in [0.1, 0.15) is 0 Å². The van der Waals surface area contributed by atoms with Gasteiger partial charge in [-0.15, -0.1) is 0 Å². The number of nitrogen functional groups attached to an aromatic ring is 1. The molecule has 1 heterocycles. The van der Waals surface area contributed by atoms with Crippen LogP contribution >= 0.6 is 0 Å². The minimum Gasteiger partial charge on any atom is -0.397 e. The maximum atomic E-state index is 5.97. The third-order valence-corrected chi connectivity index (χ3v) is 2.66. The number of benzene rings is 1. The fraction of sp³-hybridized carbons (Fsp3) is 0.455. The van der Waals surface area contributed by atoms with Crippen molar-refractivity contribution in [1.29, 1.82) is 0 Å². The average molecular weight is 191 g/mol. The van der Waals surface area contributed by atoms with Crippen LogP contribution in [0.2, 0.25) is 0 Å². The largest absolute Gasteiger partial charge is 0.397 e. The van der Waals surface area contributed by atoms with Crippen molar-refractivity contribution in [2.75, 3.05) is 29.0 Å². The lowest BCUT2D eigenvalue weighted by molar-refractivity contribution is 0.704. The third kappa shape index (κ3) is 1.39. The van der Waals surface area contributed by atoms with Crippen molar-refractivity contribution in [2.24, 2.45) is 0 Å². The number of nitrogens with two attached hydrogens (primary N) is 1. The van der Waals surface area contributed by atoms with E-state index in [2.05, 4.69) is 30.1 Å². The van der Waals surface area contributed by atoms with Crippen LogP contribution in [0.1, 0.15) is 13.8 Å². The first kappa shape index (κ1) is 9.19. The second kappa shape index (κ2) is 3.40. The zero-order valence-corrected chi connectivity index (χ0v) is 8.75. The second-order valence-corrected chi connectivity index (χ2v) is 3.83. The molecule has 3 N–H and O–H groups in total. The molecule has 1 unspecified atom stereocenters. The van der Waals surface area contributed by atoms with Gasteiger partial charge in [0, 0.05) is 19.1 Å². The number of nitrogens with one attached hydrogen (secondary N) is 1. The van der Waals surface area contributed by atoms with E-state index >= 15 is 0 Å². The summed E-state index contributed by atoms with van der Waals surface area (Å²) in [6.07, 6.45) is 0. The highest BCUT2D eigenvalue weighted by molar-refractivity contribution is 5.83. The predicted octanol–water partition coefficient (Wildman–Crippen LogP) is 1.91. The summed E-state index contributed by atoms with van der Waals surface area (Å²) in [5, 5.41) is 3.44. The van der Waals surface area contributed by atoms with Crippen LogP contribution in [0, 0.1) is 0 Å². The van der Waals surface area contributed by atoms with Gasteiger partial charge in [0.25, 0.3) is 0 Å². The fourth-order valence-corrected chi connectivity index (χ4v) is 2.05. The lowest BCUT2D eigenvalue weighted by Gasteiger charge is -2.36. The number of likely N-dealkylation sites (N-methyl/N-ethyl adjacent to an activating group) is 1. The number of fused-ring (bicyclic) bond motifs is 1. The highest BCUT2D eigenvalue weighted by Crippen LogP contribution is 2.35. The molecule has 0 saturated heterocycles. The summed E-state index contributed by atoms with van der Waals surface area (Å²) in [7, 11) is 0. The minimum atomic E-state index is 0.490. The Labute approximate surface area is 84.9 Å². The number of para-hydroxylation sites is 1. The summed E-state index contributed by atoms with van der Waals surface area (Å²) < 4.78 is 0. The van der Waals surface area contributed by atoms with Gasteiger partial charge in [-0.1, -0.05) is 6.07 Å². The smallest absolute Gasteiger partial charge is 0.0836 e. The molecule has 1 aromatic rings. The van der Waals surface area contributed by atoms with Crippen molar-refractivity contribution < 1.29 is 0 Å². The lowest BCUT2D eigenvalue weighted by Crippen LogP contribution is -2.40. The van der Waals surface area contributed by atoms with Crippen molar-refractivity contribution >= 4 is 17.1 Å². The first-order valence-corrected chi connectivity index (χ1v) is 5.12. The van der Waals surface area contributed by atoms with E-state index in [4.69, 9.17) is 5.73 Å². The van der Waals surface area contributed by atoms with Crippen LogP contribution in [-0.2, 0) is 0 Å². The monoisotopic (exact) mass is 191 g/mol. The van der Waals surface area contributed by atoms with E-state index in [0.717, 1.165) is 30.2 Å². The van der Waals surface area contributed by atoms with Crippen molar-refractivity contribution in [3.8, 4) is 0 Å². The molecule has 0 spiro atoms. The summed E-state index contributed by atoms with van der Waals surface area (Å²) in [5.41, 5.74) is 9.15. The predicted molar refractivity (Wildman–Crippen MR) is 61.8 cm³/mol. The molecule has 2 rings (SSSR count). The lowest BCUT2D eigenvalue weighted by atomic mass is 10.1. The Hall–Kier alpha value is -1.38. The van der Waals surface area contributed by atoms with E-state index in [1.54, 1.807) is 0 Å². The van der Waals surface area contributed by atoms with Gasteiger partial charge in [-0.25, -0.2) is 0 Å². The van der Waals surface area contributed by atoms with Gasteiger partial charge in [0.15, 0.2) is 0 Å². The Morgan fingerprint density at radius 3 is 3.07 bits per heavy atom. The van der Waals surface area contributed by atoms with Crippen molar-refractivity contribution in [1.82, 2.24) is 0 Å². The van der Waals surface area contributed by atoms with Crippen LogP contribution < -0.4 is 16.0 Å². The topological polar surface area (TPSA) is 41.3 Å². The molecule has 3 heteroatoms. The molecule has 1 aliphatic rings. The van der Waals surface area contributed by atoms with E-state index < -0.39 is 0 Å². The van der Waals surface area contributed by atoms with E-state index in [-0.39, 0.29) is 0 Å². The zero-order valence-electron chi connectivity index (χ0n) is 8.75. The standard InChI is InChI=1S/C11H17N3/c1-3-14-7-8(2)13-10-6-4-5-9(12)11(10)14/h4-6,8,13H,3,7,12H2,1-2H3. The molecular formula is C11H17N3. The molecule has 0 amide bonds. The number of hydrogen-bond donors (Lipinski definition) is 2. The molecular weight excluding hydrogens is 174 g/mol. The third-order valence-electron chi connectivity index (χ3n) is 2.66. The van der Waals surface area contributed by atoms with Gasteiger partial charge < -0.3 is 16.0 Å². The van der Waals surface area contributed by atoms with Crippen LogP contribution in [0.25, 0.3) is 0 Å². The average Bonchev–Trinajstić information content (AvgIpc) is 2.16. The van der Waals surface area contributed by atoms with E-state index in [1.807, 2.05) is 12.1 Å². The number of nitrogens with zero attached hydrogens (tertiary/aromatic N) is 1. The number of rotatable bonds is 1. The van der Waals surface area contributed by atoms with Gasteiger partial charge in [-0.2, -0.15) is 0 Å². The SMILES string of the molecule is CCN1CC(C)Nc2cccc(N)c21. The molecule has 1 atom stereocenters. The molecule has 0 bridgehead atoms. The highest BCUT2D eigenvalue weighted by atomic mass is 15.2. The molecule has 1 aromatic carbocycles. The summed E-state index contributed by atoms with van der Waals surface area (Å²) in [5.74, 6) is 0. The first-order valence-electron chi connectivity index (χ1n) is 5.12. The molecule has 0 aliphatic carbocycles. The van der Waals surface area contributed by atoms with E-state index in [0.29, 0.717) is 6.04 Å². The Morgan fingerprint density at radius 1 is 1.57 bits per heavy atom. The molecule has 0 saturated carbocycles. The molecule has 14 heavy (non-hydrogen) atoms. The van der Waals surface area contributed by atoms with E-state index in [9.17, 15) is 0 Å². The fourth-order valence-electron chi connectivity index (χ4n) is 2.05. The van der Waals surface area contributed by atoms with Gasteiger partial charge in [0.2, 0.25) is 0 Å². The highest BCUT2D eigenvalue weighted by Gasteiger charge is 2.21. The van der Waals surface area contributed by atoms with Crippen molar-refractivity contribution in [3.63, 3.8) is 0 Å². The molecule has 0 fully saturated rings. The molecule has 3 nitrogen and oxygen atoms in total. The van der Waals surface area contributed by atoms with Gasteiger partial charge in [-0.3, -0.25) is 0 Å². The number of hydrogen-bond acceptors (Lipinski definition) is 3. The Morgan fingerprint density at radius 2 is 2.36 bits per heavy atom. The Kier molecular flexibility index (Phi) is 2.23. The summed E-state index contributed by atoms with van der Waals surface area (Å²) in [6.45, 7) is 6.38. The summed E-state index contributed by atoms with van der Waals surface area (Å²) in [4.78, 5) is 2.33. The first-order chi connectivity index (χ1) is 6.72. The normalized spacial score (nSPS) is 20.1. The van der Waals surface area contributed by atoms with Gasteiger partial charge in [-0.05, 0) is 26.0 Å². The maximum Gasteiger partial charge on any atom is 0.0836 e. The zero-order chi connectivity index (χ0) is 10.1. The number of anilines is 3. The van der Waals surface area contributed by atoms with E-state index in [1.165, 1.54) is 0 Å². The maximum absolute atomic E-state index is 5.97. The van der Waals surface area contributed by atoms with Crippen LogP contribution in [0.15, 0.2) is 18.2 Å². The molecule has 0 radical (unpaired) electrons. The molecule has 1 aliphatic heterocycles. The van der Waals surface area contributed by atoms with Gasteiger partial charge >= 0.3 is 0 Å². The van der Waals surface area contributed by atoms with Crippen LogP contribution in [-0.4, -0.2) is 19.1 Å². The summed E-state index contributed by atoms with van der Waals surface area (Å²) in [6, 6.07) is 6.53. The Balaban J connectivity index is 2.46. The molecule has 0 aromatic heterocycles. The quantitative estimate of drug-likeness (QED) is 0.666. The van der Waals surface area contributed by atoms with Crippen LogP contribution in [0.4, 0.5) is 17.1 Å². The molecule has 76 valence electrons. The van der Waals surface area contributed by atoms with Gasteiger partial charge in [0.05, 0.1) is 17.1 Å². The second-order valence-electron chi connectivity index (χ2n) is 3.83.